The minimum Gasteiger partial charge on any atom is -0.355 e. The Bertz CT molecular complexity index is 746. The normalized spacial score (nSPS) is 28.9. The molecule has 0 radical (unpaired) electrons. The van der Waals surface area contributed by atoms with E-state index >= 15 is 0 Å². The Hall–Kier alpha value is -1.94. The van der Waals surface area contributed by atoms with Crippen LogP contribution in [0.2, 0.25) is 0 Å². The zero-order valence-corrected chi connectivity index (χ0v) is 14.1. The van der Waals surface area contributed by atoms with Gasteiger partial charge < -0.3 is 11.1 Å². The lowest BCUT2D eigenvalue weighted by atomic mass is 9.57. The van der Waals surface area contributed by atoms with Crippen LogP contribution in [-0.2, 0) is 11.2 Å². The van der Waals surface area contributed by atoms with E-state index in [0.717, 1.165) is 55.8 Å². The molecule has 1 aromatic carbocycles. The fraction of sp³-hybridized carbons (Fsp3) is 0.500. The number of nitrogens with two attached hydrogens (primary N) is 1. The van der Waals surface area contributed by atoms with Crippen LogP contribution in [0.5, 0.6) is 0 Å². The van der Waals surface area contributed by atoms with Crippen LogP contribution in [0.25, 0.3) is 10.9 Å². The van der Waals surface area contributed by atoms with E-state index < -0.39 is 0 Å². The van der Waals surface area contributed by atoms with E-state index in [9.17, 15) is 4.79 Å². The fourth-order valence-corrected chi connectivity index (χ4v) is 4.34. The Balaban J connectivity index is 1.35. The molecule has 0 aliphatic heterocycles. The number of hydrogen-bond acceptors (Lipinski definition) is 3. The highest BCUT2D eigenvalue weighted by Gasteiger charge is 2.50. The molecule has 2 aromatic rings. The van der Waals surface area contributed by atoms with Crippen molar-refractivity contribution in [2.24, 2.45) is 11.1 Å². The lowest BCUT2D eigenvalue weighted by molar-refractivity contribution is -0.137. The number of benzene rings is 1. The van der Waals surface area contributed by atoms with Crippen LogP contribution < -0.4 is 11.1 Å². The van der Waals surface area contributed by atoms with Gasteiger partial charge in [-0.05, 0) is 68.7 Å². The largest absolute Gasteiger partial charge is 0.355 e. The maximum absolute atomic E-state index is 12.7. The van der Waals surface area contributed by atoms with Crippen molar-refractivity contribution >= 4 is 16.8 Å². The summed E-state index contributed by atoms with van der Waals surface area (Å²) in [7, 11) is 0. The average Bonchev–Trinajstić information content (AvgIpc) is 2.62. The molecule has 0 atom stereocenters. The number of hydrogen-bond donors (Lipinski definition) is 2. The SMILES string of the molecule is NC12CCC(C(=O)NCCc3ccc4ncccc4c3)(CC1)CC2. The van der Waals surface area contributed by atoms with E-state index in [4.69, 9.17) is 5.73 Å². The number of aromatic nitrogens is 1. The van der Waals surface area contributed by atoms with Crippen LogP contribution in [-0.4, -0.2) is 23.0 Å². The molecule has 3 fully saturated rings. The third-order valence-corrected chi connectivity index (χ3v) is 6.15. The summed E-state index contributed by atoms with van der Waals surface area (Å²) in [6.07, 6.45) is 8.53. The molecule has 1 heterocycles. The summed E-state index contributed by atoms with van der Waals surface area (Å²) in [4.78, 5) is 17.1. The van der Waals surface area contributed by atoms with Gasteiger partial charge in [0.15, 0.2) is 0 Å². The molecular formula is C20H25N3O. The van der Waals surface area contributed by atoms with Gasteiger partial charge in [-0.3, -0.25) is 9.78 Å². The van der Waals surface area contributed by atoms with Gasteiger partial charge in [-0.15, -0.1) is 0 Å². The molecular weight excluding hydrogens is 298 g/mol. The van der Waals surface area contributed by atoms with Gasteiger partial charge in [0.05, 0.1) is 5.52 Å². The molecule has 3 aliphatic carbocycles. The third-order valence-electron chi connectivity index (χ3n) is 6.15. The Morgan fingerprint density at radius 3 is 2.62 bits per heavy atom. The van der Waals surface area contributed by atoms with E-state index in [1.165, 1.54) is 5.56 Å². The summed E-state index contributed by atoms with van der Waals surface area (Å²) in [6, 6.07) is 10.3. The minimum absolute atomic E-state index is 0.0150. The Morgan fingerprint density at radius 2 is 1.88 bits per heavy atom. The first kappa shape index (κ1) is 15.6. The second-order valence-electron chi connectivity index (χ2n) is 7.68. The van der Waals surface area contributed by atoms with Gasteiger partial charge >= 0.3 is 0 Å². The summed E-state index contributed by atoms with van der Waals surface area (Å²) >= 11 is 0. The van der Waals surface area contributed by atoms with Crippen LogP contribution in [0.3, 0.4) is 0 Å². The summed E-state index contributed by atoms with van der Waals surface area (Å²) in [5.41, 5.74) is 8.46. The number of carbonyl (C=O) groups is 1. The highest BCUT2D eigenvalue weighted by atomic mass is 16.2. The predicted molar refractivity (Wildman–Crippen MR) is 95.5 cm³/mol. The van der Waals surface area contributed by atoms with Crippen LogP contribution in [0.15, 0.2) is 36.5 Å². The number of fused-ring (bicyclic) bond motifs is 4. The topological polar surface area (TPSA) is 68.0 Å². The number of pyridine rings is 1. The molecule has 1 aromatic heterocycles. The molecule has 5 rings (SSSR count). The molecule has 0 saturated heterocycles. The van der Waals surface area contributed by atoms with Gasteiger partial charge in [0, 0.05) is 29.1 Å². The van der Waals surface area contributed by atoms with E-state index in [1.807, 2.05) is 18.3 Å². The molecule has 126 valence electrons. The van der Waals surface area contributed by atoms with E-state index in [1.54, 1.807) is 0 Å². The highest BCUT2D eigenvalue weighted by molar-refractivity contribution is 5.83. The molecule has 0 spiro atoms. The van der Waals surface area contributed by atoms with E-state index in [0.29, 0.717) is 6.54 Å². The first-order valence-electron chi connectivity index (χ1n) is 9.00. The molecule has 24 heavy (non-hydrogen) atoms. The number of rotatable bonds is 4. The second kappa shape index (κ2) is 5.85. The lowest BCUT2D eigenvalue weighted by Crippen LogP contribution is -2.56. The molecule has 1 amide bonds. The van der Waals surface area contributed by atoms with E-state index in [2.05, 4.69) is 28.5 Å². The maximum atomic E-state index is 12.7. The summed E-state index contributed by atoms with van der Waals surface area (Å²) < 4.78 is 0. The maximum Gasteiger partial charge on any atom is 0.226 e. The Kier molecular flexibility index (Phi) is 3.80. The quantitative estimate of drug-likeness (QED) is 0.909. The number of nitrogens with zero attached hydrogens (tertiary/aromatic N) is 1. The average molecular weight is 323 g/mol. The summed E-state index contributed by atoms with van der Waals surface area (Å²) in [5, 5.41) is 4.33. The Morgan fingerprint density at radius 1 is 1.12 bits per heavy atom. The van der Waals surface area contributed by atoms with Crippen molar-refractivity contribution in [1.29, 1.82) is 0 Å². The van der Waals surface area contributed by atoms with Gasteiger partial charge in [0.1, 0.15) is 0 Å². The summed E-state index contributed by atoms with van der Waals surface area (Å²) in [6.45, 7) is 0.695. The molecule has 4 nitrogen and oxygen atoms in total. The van der Waals surface area contributed by atoms with Crippen molar-refractivity contribution in [3.63, 3.8) is 0 Å². The predicted octanol–water partition coefficient (Wildman–Crippen LogP) is 2.95. The molecule has 2 bridgehead atoms. The van der Waals surface area contributed by atoms with Crippen LogP contribution in [0.1, 0.15) is 44.1 Å². The van der Waals surface area contributed by atoms with Crippen LogP contribution in [0.4, 0.5) is 0 Å². The summed E-state index contributed by atoms with van der Waals surface area (Å²) in [5.74, 6) is 0.242. The Labute approximate surface area is 142 Å². The van der Waals surface area contributed by atoms with Crippen LogP contribution >= 0.6 is 0 Å². The molecule has 3 N–H and O–H groups in total. The zero-order valence-electron chi connectivity index (χ0n) is 14.1. The smallest absolute Gasteiger partial charge is 0.226 e. The number of amides is 1. The fourth-order valence-electron chi connectivity index (χ4n) is 4.34. The minimum atomic E-state index is -0.144. The van der Waals surface area contributed by atoms with Gasteiger partial charge in [-0.2, -0.15) is 0 Å². The zero-order chi connectivity index (χ0) is 16.6. The second-order valence-corrected chi connectivity index (χ2v) is 7.68. The van der Waals surface area contributed by atoms with E-state index in [-0.39, 0.29) is 16.9 Å². The van der Waals surface area contributed by atoms with Gasteiger partial charge in [0.2, 0.25) is 5.91 Å². The van der Waals surface area contributed by atoms with Crippen molar-refractivity contribution in [3.05, 3.63) is 42.1 Å². The van der Waals surface area contributed by atoms with Crippen molar-refractivity contribution < 1.29 is 4.79 Å². The third kappa shape index (κ3) is 2.80. The standard InChI is InChI=1S/C20H25N3O/c21-20-9-6-19(7-10-20,8-11-20)18(24)23-13-5-15-3-4-17-16(14-15)2-1-12-22-17/h1-4,12,14H,5-11,13,21H2,(H,23,24). The van der Waals surface area contributed by atoms with Crippen molar-refractivity contribution in [2.45, 2.75) is 50.5 Å². The molecule has 3 saturated carbocycles. The molecule has 4 heteroatoms. The highest BCUT2D eigenvalue weighted by Crippen LogP contribution is 2.51. The molecule has 3 aliphatic rings. The number of carbonyl (C=O) groups excluding carboxylic acids is 1. The van der Waals surface area contributed by atoms with Gasteiger partial charge in [0.25, 0.3) is 0 Å². The first-order chi connectivity index (χ1) is 11.6. The van der Waals surface area contributed by atoms with Crippen LogP contribution in [0, 0.1) is 5.41 Å². The van der Waals surface area contributed by atoms with Gasteiger partial charge in [-0.25, -0.2) is 0 Å². The molecule has 0 unspecified atom stereocenters. The monoisotopic (exact) mass is 323 g/mol. The van der Waals surface area contributed by atoms with Crippen molar-refractivity contribution in [1.82, 2.24) is 10.3 Å². The van der Waals surface area contributed by atoms with Crippen molar-refractivity contribution in [2.75, 3.05) is 6.54 Å². The lowest BCUT2D eigenvalue weighted by Gasteiger charge is -2.50. The van der Waals surface area contributed by atoms with Crippen molar-refractivity contribution in [3.8, 4) is 0 Å². The van der Waals surface area contributed by atoms with Gasteiger partial charge in [-0.1, -0.05) is 12.1 Å². The number of nitrogens with one attached hydrogen (secondary N) is 1. The first-order valence-corrected chi connectivity index (χ1v) is 9.00.